The molecular formula is C14H15BrN2O2. The quantitative estimate of drug-likeness (QED) is 0.826. The van der Waals surface area contributed by atoms with Crippen LogP contribution in [0.25, 0.3) is 0 Å². The van der Waals surface area contributed by atoms with E-state index in [1.165, 1.54) is 0 Å². The van der Waals surface area contributed by atoms with Gasteiger partial charge in [-0.05, 0) is 52.7 Å². The number of ether oxygens (including phenoxy) is 1. The maximum Gasteiger partial charge on any atom is 0.161 e. The number of anilines is 1. The average molecular weight is 323 g/mol. The molecule has 1 aromatic carbocycles. The second-order valence-corrected chi connectivity index (χ2v) is 4.68. The topological polar surface area (TPSA) is 54.4 Å². The third-order valence-electron chi connectivity index (χ3n) is 2.57. The third kappa shape index (κ3) is 3.61. The van der Waals surface area contributed by atoms with Crippen molar-refractivity contribution in [2.75, 3.05) is 11.9 Å². The van der Waals surface area contributed by atoms with E-state index < -0.39 is 0 Å². The first-order chi connectivity index (χ1) is 9.20. The van der Waals surface area contributed by atoms with Gasteiger partial charge in [-0.25, -0.2) is 4.98 Å². The van der Waals surface area contributed by atoms with Crippen LogP contribution in [0.1, 0.15) is 12.5 Å². The van der Waals surface area contributed by atoms with Crippen LogP contribution < -0.4 is 10.1 Å². The molecule has 1 aromatic heterocycles. The Kier molecular flexibility index (Phi) is 4.63. The largest absolute Gasteiger partial charge is 0.504 e. The summed E-state index contributed by atoms with van der Waals surface area (Å²) >= 11 is 3.38. The number of benzene rings is 1. The normalized spacial score (nSPS) is 10.2. The van der Waals surface area contributed by atoms with Crippen LogP contribution in [-0.2, 0) is 6.54 Å². The van der Waals surface area contributed by atoms with E-state index in [1.807, 2.05) is 31.2 Å². The van der Waals surface area contributed by atoms with Gasteiger partial charge in [0.2, 0.25) is 0 Å². The molecule has 0 aliphatic heterocycles. The van der Waals surface area contributed by atoms with Gasteiger partial charge in [-0.15, -0.1) is 0 Å². The number of phenols is 1. The lowest BCUT2D eigenvalue weighted by Gasteiger charge is -2.10. The summed E-state index contributed by atoms with van der Waals surface area (Å²) in [5.41, 5.74) is 1.95. The molecule has 4 nitrogen and oxygen atoms in total. The molecule has 0 aliphatic rings. The number of nitrogens with zero attached hydrogens (tertiary/aromatic N) is 1. The van der Waals surface area contributed by atoms with E-state index in [0.29, 0.717) is 18.9 Å². The van der Waals surface area contributed by atoms with E-state index in [0.717, 1.165) is 15.9 Å². The molecule has 0 aliphatic carbocycles. The number of aromatic hydroxyl groups is 1. The Balaban J connectivity index is 2.07. The molecule has 2 N–H and O–H groups in total. The maximum absolute atomic E-state index is 9.63. The molecule has 0 radical (unpaired) electrons. The average Bonchev–Trinajstić information content (AvgIpc) is 2.41. The van der Waals surface area contributed by atoms with E-state index in [1.54, 1.807) is 12.3 Å². The fourth-order valence-electron chi connectivity index (χ4n) is 1.65. The first-order valence-electron chi connectivity index (χ1n) is 5.99. The number of phenolic OH excluding ortho intramolecular Hbond substituents is 1. The summed E-state index contributed by atoms with van der Waals surface area (Å²) < 4.78 is 6.13. The lowest BCUT2D eigenvalue weighted by molar-refractivity contribution is 0.318. The zero-order valence-corrected chi connectivity index (χ0v) is 12.1. The van der Waals surface area contributed by atoms with Gasteiger partial charge >= 0.3 is 0 Å². The zero-order chi connectivity index (χ0) is 13.7. The third-order valence-corrected chi connectivity index (χ3v) is 3.20. The number of hydrogen-bond donors (Lipinski definition) is 2. The molecule has 1 heterocycles. The highest BCUT2D eigenvalue weighted by atomic mass is 79.9. The molecule has 2 aromatic rings. The molecule has 0 atom stereocenters. The maximum atomic E-state index is 9.63. The SMILES string of the molecule is CCOc1cc(CNc2cccnc2Br)ccc1O. The molecule has 0 unspecified atom stereocenters. The summed E-state index contributed by atoms with van der Waals surface area (Å²) in [5.74, 6) is 0.667. The molecule has 19 heavy (non-hydrogen) atoms. The highest BCUT2D eigenvalue weighted by molar-refractivity contribution is 9.10. The standard InChI is InChI=1S/C14H15BrN2O2/c1-2-19-13-8-10(5-6-12(13)18)9-17-11-4-3-7-16-14(11)15/h3-8,17-18H,2,9H2,1H3. The van der Waals surface area contributed by atoms with Crippen molar-refractivity contribution in [3.63, 3.8) is 0 Å². The van der Waals surface area contributed by atoms with Gasteiger partial charge in [0.15, 0.2) is 11.5 Å². The molecule has 5 heteroatoms. The molecule has 0 saturated carbocycles. The van der Waals surface area contributed by atoms with Crippen LogP contribution in [0, 0.1) is 0 Å². The predicted molar refractivity (Wildman–Crippen MR) is 78.5 cm³/mol. The molecule has 0 amide bonds. The fraction of sp³-hybridized carbons (Fsp3) is 0.214. The summed E-state index contributed by atoms with van der Waals surface area (Å²) in [4.78, 5) is 4.14. The minimum absolute atomic E-state index is 0.160. The Bertz CT molecular complexity index is 561. The van der Waals surface area contributed by atoms with Crippen molar-refractivity contribution in [2.24, 2.45) is 0 Å². The number of pyridine rings is 1. The van der Waals surface area contributed by atoms with Gasteiger partial charge in [-0.1, -0.05) is 6.07 Å². The smallest absolute Gasteiger partial charge is 0.161 e. The minimum Gasteiger partial charge on any atom is -0.504 e. The Morgan fingerprint density at radius 2 is 2.21 bits per heavy atom. The van der Waals surface area contributed by atoms with Gasteiger partial charge in [0.1, 0.15) is 4.60 Å². The van der Waals surface area contributed by atoms with Crippen LogP contribution in [0.4, 0.5) is 5.69 Å². The second-order valence-electron chi connectivity index (χ2n) is 3.93. The van der Waals surface area contributed by atoms with Crippen LogP contribution in [0.2, 0.25) is 0 Å². The van der Waals surface area contributed by atoms with E-state index in [9.17, 15) is 5.11 Å². The van der Waals surface area contributed by atoms with Crippen molar-refractivity contribution >= 4 is 21.6 Å². The van der Waals surface area contributed by atoms with E-state index in [2.05, 4.69) is 26.2 Å². The minimum atomic E-state index is 0.160. The summed E-state index contributed by atoms with van der Waals surface area (Å²) in [6.45, 7) is 3.04. The Hall–Kier alpha value is -1.75. The number of nitrogens with one attached hydrogen (secondary N) is 1. The van der Waals surface area contributed by atoms with Crippen molar-refractivity contribution in [1.29, 1.82) is 0 Å². The van der Waals surface area contributed by atoms with Crippen molar-refractivity contribution in [3.05, 3.63) is 46.7 Å². The fourth-order valence-corrected chi connectivity index (χ4v) is 2.05. The summed E-state index contributed by atoms with van der Waals surface area (Å²) in [5, 5.41) is 12.9. The first kappa shape index (κ1) is 13.7. The van der Waals surface area contributed by atoms with Crippen LogP contribution in [0.5, 0.6) is 11.5 Å². The van der Waals surface area contributed by atoms with Crippen molar-refractivity contribution in [3.8, 4) is 11.5 Å². The Morgan fingerprint density at radius 3 is 2.95 bits per heavy atom. The predicted octanol–water partition coefficient (Wildman–Crippen LogP) is 3.56. The van der Waals surface area contributed by atoms with Gasteiger partial charge in [0.25, 0.3) is 0 Å². The highest BCUT2D eigenvalue weighted by Crippen LogP contribution is 2.27. The lowest BCUT2D eigenvalue weighted by Crippen LogP contribution is -2.01. The Morgan fingerprint density at radius 1 is 1.37 bits per heavy atom. The molecule has 100 valence electrons. The van der Waals surface area contributed by atoms with Crippen LogP contribution >= 0.6 is 15.9 Å². The first-order valence-corrected chi connectivity index (χ1v) is 6.79. The van der Waals surface area contributed by atoms with E-state index in [-0.39, 0.29) is 5.75 Å². The van der Waals surface area contributed by atoms with Gasteiger partial charge < -0.3 is 15.2 Å². The van der Waals surface area contributed by atoms with E-state index >= 15 is 0 Å². The monoisotopic (exact) mass is 322 g/mol. The number of rotatable bonds is 5. The second kappa shape index (κ2) is 6.43. The van der Waals surface area contributed by atoms with Crippen molar-refractivity contribution in [1.82, 2.24) is 4.98 Å². The summed E-state index contributed by atoms with van der Waals surface area (Å²) in [6.07, 6.45) is 1.73. The van der Waals surface area contributed by atoms with Crippen molar-refractivity contribution in [2.45, 2.75) is 13.5 Å². The van der Waals surface area contributed by atoms with Gasteiger partial charge in [0.05, 0.1) is 12.3 Å². The van der Waals surface area contributed by atoms with Crippen molar-refractivity contribution < 1.29 is 9.84 Å². The summed E-state index contributed by atoms with van der Waals surface area (Å²) in [7, 11) is 0. The molecule has 0 saturated heterocycles. The van der Waals surface area contributed by atoms with E-state index in [4.69, 9.17) is 4.74 Å². The number of aromatic nitrogens is 1. The molecule has 0 spiro atoms. The molecule has 2 rings (SSSR count). The van der Waals surface area contributed by atoms with Crippen LogP contribution in [-0.4, -0.2) is 16.7 Å². The zero-order valence-electron chi connectivity index (χ0n) is 10.6. The molecule has 0 fully saturated rings. The molecular weight excluding hydrogens is 308 g/mol. The number of halogens is 1. The van der Waals surface area contributed by atoms with Gasteiger partial charge in [-0.3, -0.25) is 0 Å². The van der Waals surface area contributed by atoms with Crippen LogP contribution in [0.15, 0.2) is 41.1 Å². The van der Waals surface area contributed by atoms with Gasteiger partial charge in [0, 0.05) is 12.7 Å². The molecule has 0 bridgehead atoms. The lowest BCUT2D eigenvalue weighted by atomic mass is 10.2. The van der Waals surface area contributed by atoms with Crippen LogP contribution in [0.3, 0.4) is 0 Å². The summed E-state index contributed by atoms with van der Waals surface area (Å²) in [6, 6.07) is 9.14. The number of hydrogen-bond acceptors (Lipinski definition) is 4. The van der Waals surface area contributed by atoms with Gasteiger partial charge in [-0.2, -0.15) is 0 Å². The highest BCUT2D eigenvalue weighted by Gasteiger charge is 2.04. The Labute approximate surface area is 120 Å².